The van der Waals surface area contributed by atoms with Crippen molar-refractivity contribution in [2.45, 2.75) is 25.8 Å². The van der Waals surface area contributed by atoms with Gasteiger partial charge in [0.05, 0.1) is 0 Å². The van der Waals surface area contributed by atoms with Crippen LogP contribution in [0.5, 0.6) is 0 Å². The van der Waals surface area contributed by atoms with Crippen LogP contribution >= 0.6 is 0 Å². The number of hydrogen-bond donors (Lipinski definition) is 1. The summed E-state index contributed by atoms with van der Waals surface area (Å²) in [5, 5.41) is 0. The van der Waals surface area contributed by atoms with Gasteiger partial charge in [-0.15, -0.1) is 0 Å². The molecule has 1 atom stereocenters. The first-order chi connectivity index (χ1) is 5.68. The Balaban J connectivity index is 2.52. The molecule has 1 heterocycles. The zero-order valence-corrected chi connectivity index (χ0v) is 7.13. The van der Waals surface area contributed by atoms with Crippen molar-refractivity contribution in [3.8, 4) is 0 Å². The Hall–Kier alpha value is -0.960. The Kier molecular flexibility index (Phi) is 3.17. The van der Waals surface area contributed by atoms with E-state index in [1.165, 1.54) is 18.3 Å². The molecule has 2 N–H and O–H groups in total. The molecule has 0 radical (unpaired) electrons. The number of aryl methyl sites for hydroxylation is 1. The van der Waals surface area contributed by atoms with Crippen molar-refractivity contribution >= 4 is 0 Å². The lowest BCUT2D eigenvalue weighted by Gasteiger charge is -2.03. The molecule has 0 amide bonds. The Labute approximate surface area is 71.6 Å². The first kappa shape index (κ1) is 9.13. The lowest BCUT2D eigenvalue weighted by atomic mass is 10.1. The van der Waals surface area contributed by atoms with Crippen LogP contribution in [0.25, 0.3) is 0 Å². The number of hydrogen-bond acceptors (Lipinski definition) is 2. The predicted molar refractivity (Wildman–Crippen MR) is 46.2 cm³/mol. The number of halogens is 1. The maximum Gasteiger partial charge on any atom is 0.126 e. The van der Waals surface area contributed by atoms with E-state index in [-0.39, 0.29) is 11.9 Å². The molecule has 0 aliphatic heterocycles. The van der Waals surface area contributed by atoms with Crippen LogP contribution in [0.3, 0.4) is 0 Å². The molecule has 0 aliphatic rings. The fourth-order valence-corrected chi connectivity index (χ4v) is 0.961. The molecular formula is C9H13FN2. The van der Waals surface area contributed by atoms with Gasteiger partial charge < -0.3 is 5.73 Å². The number of pyridine rings is 1. The summed E-state index contributed by atoms with van der Waals surface area (Å²) < 4.78 is 12.6. The smallest absolute Gasteiger partial charge is 0.126 e. The zero-order chi connectivity index (χ0) is 8.97. The Morgan fingerprint density at radius 3 is 3.00 bits per heavy atom. The van der Waals surface area contributed by atoms with Crippen LogP contribution in [0, 0.1) is 5.82 Å². The zero-order valence-electron chi connectivity index (χ0n) is 7.13. The minimum atomic E-state index is -0.232. The first-order valence-corrected chi connectivity index (χ1v) is 4.04. The Morgan fingerprint density at radius 2 is 2.42 bits per heavy atom. The number of nitrogens with two attached hydrogens (primary N) is 1. The van der Waals surface area contributed by atoms with Crippen molar-refractivity contribution in [2.24, 2.45) is 5.73 Å². The van der Waals surface area contributed by atoms with Crippen LogP contribution in [0.4, 0.5) is 4.39 Å². The van der Waals surface area contributed by atoms with Crippen LogP contribution in [-0.4, -0.2) is 11.0 Å². The molecule has 0 bridgehead atoms. The number of rotatable bonds is 3. The van der Waals surface area contributed by atoms with Gasteiger partial charge in [0.2, 0.25) is 0 Å². The molecule has 0 aliphatic carbocycles. The molecule has 3 heteroatoms. The predicted octanol–water partition coefficient (Wildman–Crippen LogP) is 1.50. The summed E-state index contributed by atoms with van der Waals surface area (Å²) in [6.45, 7) is 1.93. The second kappa shape index (κ2) is 4.16. The first-order valence-electron chi connectivity index (χ1n) is 4.04. The number of nitrogens with zero attached hydrogens (tertiary/aromatic N) is 1. The molecular weight excluding hydrogens is 155 g/mol. The lowest BCUT2D eigenvalue weighted by molar-refractivity contribution is 0.613. The van der Waals surface area contributed by atoms with Gasteiger partial charge in [-0.3, -0.25) is 4.98 Å². The van der Waals surface area contributed by atoms with Gasteiger partial charge in [-0.25, -0.2) is 4.39 Å². The molecule has 1 rings (SSSR count). The largest absolute Gasteiger partial charge is 0.328 e. The van der Waals surface area contributed by atoms with Gasteiger partial charge in [0, 0.05) is 17.9 Å². The second-order valence-corrected chi connectivity index (χ2v) is 2.98. The highest BCUT2D eigenvalue weighted by molar-refractivity contribution is 5.06. The van der Waals surface area contributed by atoms with Crippen molar-refractivity contribution in [1.29, 1.82) is 0 Å². The molecule has 2 nitrogen and oxygen atoms in total. The average Bonchev–Trinajstić information content (AvgIpc) is 2.01. The van der Waals surface area contributed by atoms with E-state index in [9.17, 15) is 4.39 Å². The summed E-state index contributed by atoms with van der Waals surface area (Å²) in [4.78, 5) is 4.02. The third-order valence-corrected chi connectivity index (χ3v) is 1.63. The van der Waals surface area contributed by atoms with Gasteiger partial charge in [-0.2, -0.15) is 0 Å². The third-order valence-electron chi connectivity index (χ3n) is 1.63. The van der Waals surface area contributed by atoms with E-state index in [0.29, 0.717) is 0 Å². The number of aromatic nitrogens is 1. The molecule has 0 fully saturated rings. The highest BCUT2D eigenvalue weighted by Gasteiger charge is 1.98. The van der Waals surface area contributed by atoms with E-state index < -0.39 is 0 Å². The van der Waals surface area contributed by atoms with Gasteiger partial charge in [0.15, 0.2) is 0 Å². The van der Waals surface area contributed by atoms with Gasteiger partial charge >= 0.3 is 0 Å². The quantitative estimate of drug-likeness (QED) is 0.742. The standard InChI is InChI=1S/C9H13FN2/c1-7(11)2-3-9-6-8(10)4-5-12-9/h4-7H,2-3,11H2,1H3. The maximum absolute atomic E-state index is 12.6. The Bertz CT molecular complexity index is 248. The van der Waals surface area contributed by atoms with E-state index in [4.69, 9.17) is 5.73 Å². The molecule has 1 aromatic rings. The molecule has 12 heavy (non-hydrogen) atoms. The Morgan fingerprint density at radius 1 is 1.67 bits per heavy atom. The van der Waals surface area contributed by atoms with E-state index in [2.05, 4.69) is 4.98 Å². The van der Waals surface area contributed by atoms with Crippen molar-refractivity contribution in [3.05, 3.63) is 29.8 Å². The minimum Gasteiger partial charge on any atom is -0.328 e. The van der Waals surface area contributed by atoms with E-state index in [0.717, 1.165) is 18.5 Å². The summed E-state index contributed by atoms with van der Waals surface area (Å²) in [6.07, 6.45) is 3.07. The summed E-state index contributed by atoms with van der Waals surface area (Å²) in [6, 6.07) is 2.94. The monoisotopic (exact) mass is 168 g/mol. The van der Waals surface area contributed by atoms with E-state index in [1.54, 1.807) is 0 Å². The van der Waals surface area contributed by atoms with Crippen LogP contribution in [0.2, 0.25) is 0 Å². The fourth-order valence-electron chi connectivity index (χ4n) is 0.961. The van der Waals surface area contributed by atoms with Crippen molar-refractivity contribution in [3.63, 3.8) is 0 Å². The van der Waals surface area contributed by atoms with Gasteiger partial charge in [0.1, 0.15) is 5.82 Å². The van der Waals surface area contributed by atoms with Gasteiger partial charge in [-0.1, -0.05) is 0 Å². The molecule has 1 aromatic heterocycles. The summed E-state index contributed by atoms with van der Waals surface area (Å²) in [5.41, 5.74) is 6.33. The molecule has 1 unspecified atom stereocenters. The molecule has 0 saturated carbocycles. The van der Waals surface area contributed by atoms with Crippen molar-refractivity contribution < 1.29 is 4.39 Å². The normalized spacial score (nSPS) is 12.9. The van der Waals surface area contributed by atoms with Crippen molar-refractivity contribution in [2.75, 3.05) is 0 Å². The lowest BCUT2D eigenvalue weighted by Crippen LogP contribution is -2.15. The summed E-state index contributed by atoms with van der Waals surface area (Å²) in [7, 11) is 0. The van der Waals surface area contributed by atoms with Gasteiger partial charge in [0.25, 0.3) is 0 Å². The summed E-state index contributed by atoms with van der Waals surface area (Å²) in [5.74, 6) is -0.232. The molecule has 0 aromatic carbocycles. The highest BCUT2D eigenvalue weighted by atomic mass is 19.1. The molecule has 0 saturated heterocycles. The average molecular weight is 168 g/mol. The van der Waals surface area contributed by atoms with Crippen LogP contribution in [0.1, 0.15) is 19.0 Å². The van der Waals surface area contributed by atoms with Crippen LogP contribution < -0.4 is 5.73 Å². The van der Waals surface area contributed by atoms with Crippen LogP contribution in [0.15, 0.2) is 18.3 Å². The maximum atomic E-state index is 12.6. The van der Waals surface area contributed by atoms with Gasteiger partial charge in [-0.05, 0) is 31.9 Å². The summed E-state index contributed by atoms with van der Waals surface area (Å²) >= 11 is 0. The third kappa shape index (κ3) is 2.96. The fraction of sp³-hybridized carbons (Fsp3) is 0.444. The minimum absolute atomic E-state index is 0.148. The molecule has 0 spiro atoms. The van der Waals surface area contributed by atoms with Crippen molar-refractivity contribution in [1.82, 2.24) is 4.98 Å². The second-order valence-electron chi connectivity index (χ2n) is 2.98. The topological polar surface area (TPSA) is 38.9 Å². The SMILES string of the molecule is CC(N)CCc1cc(F)ccn1. The van der Waals surface area contributed by atoms with E-state index >= 15 is 0 Å². The van der Waals surface area contributed by atoms with E-state index in [1.807, 2.05) is 6.92 Å². The molecule has 66 valence electrons. The van der Waals surface area contributed by atoms with Crippen LogP contribution in [-0.2, 0) is 6.42 Å². The highest BCUT2D eigenvalue weighted by Crippen LogP contribution is 2.03.